The van der Waals surface area contributed by atoms with Crippen LogP contribution in [0.15, 0.2) is 18.3 Å². The van der Waals surface area contributed by atoms with E-state index in [2.05, 4.69) is 10.3 Å². The van der Waals surface area contributed by atoms with Gasteiger partial charge in [0, 0.05) is 25.1 Å². The van der Waals surface area contributed by atoms with E-state index in [-0.39, 0.29) is 12.3 Å². The van der Waals surface area contributed by atoms with Crippen molar-refractivity contribution in [3.8, 4) is 5.88 Å². The van der Waals surface area contributed by atoms with Gasteiger partial charge in [0.2, 0.25) is 11.8 Å². The summed E-state index contributed by atoms with van der Waals surface area (Å²) in [4.78, 5) is 25.8. The number of nitrogens with zero attached hydrogens (tertiary/aromatic N) is 1. The van der Waals surface area contributed by atoms with Gasteiger partial charge in [0.1, 0.15) is 6.04 Å². The van der Waals surface area contributed by atoms with Crippen molar-refractivity contribution in [1.82, 2.24) is 10.3 Å². The minimum atomic E-state index is -1.09. The van der Waals surface area contributed by atoms with E-state index in [0.717, 1.165) is 0 Å². The number of aliphatic carboxylic acids is 1. The number of amides is 1. The van der Waals surface area contributed by atoms with Gasteiger partial charge in [-0.1, -0.05) is 6.07 Å². The van der Waals surface area contributed by atoms with Gasteiger partial charge in [-0.15, -0.1) is 0 Å². The van der Waals surface area contributed by atoms with Crippen molar-refractivity contribution in [3.05, 3.63) is 23.9 Å². The molecular weight excluding hydrogens is 224 g/mol. The SMILES string of the molecule is COc1ncccc1CC(NC(C)=O)C(=O)O. The molecule has 6 nitrogen and oxygen atoms in total. The molecule has 1 aromatic heterocycles. The summed E-state index contributed by atoms with van der Waals surface area (Å²) < 4.78 is 5.01. The highest BCUT2D eigenvalue weighted by Crippen LogP contribution is 2.15. The summed E-state index contributed by atoms with van der Waals surface area (Å²) in [7, 11) is 1.46. The third kappa shape index (κ3) is 3.75. The fourth-order valence-electron chi connectivity index (χ4n) is 1.43. The molecule has 1 amide bonds. The van der Waals surface area contributed by atoms with Crippen LogP contribution in [0.3, 0.4) is 0 Å². The first kappa shape index (κ1) is 13.0. The normalized spacial score (nSPS) is 11.6. The Labute approximate surface area is 98.6 Å². The topological polar surface area (TPSA) is 88.5 Å². The van der Waals surface area contributed by atoms with Crippen molar-refractivity contribution in [2.45, 2.75) is 19.4 Å². The molecule has 92 valence electrons. The van der Waals surface area contributed by atoms with Gasteiger partial charge in [-0.2, -0.15) is 0 Å². The minimum absolute atomic E-state index is 0.131. The summed E-state index contributed by atoms with van der Waals surface area (Å²) in [6, 6.07) is 2.42. The molecule has 0 bridgehead atoms. The fourth-order valence-corrected chi connectivity index (χ4v) is 1.43. The van der Waals surface area contributed by atoms with Gasteiger partial charge in [-0.3, -0.25) is 4.79 Å². The molecule has 17 heavy (non-hydrogen) atoms. The summed E-state index contributed by atoms with van der Waals surface area (Å²) in [5.74, 6) is -1.12. The van der Waals surface area contributed by atoms with Crippen molar-refractivity contribution in [3.63, 3.8) is 0 Å². The number of methoxy groups -OCH3 is 1. The first-order valence-electron chi connectivity index (χ1n) is 5.02. The third-order valence-electron chi connectivity index (χ3n) is 2.14. The molecule has 1 atom stereocenters. The number of rotatable bonds is 5. The number of aromatic nitrogens is 1. The van der Waals surface area contributed by atoms with Crippen LogP contribution in [0.4, 0.5) is 0 Å². The van der Waals surface area contributed by atoms with Crippen LogP contribution in [-0.4, -0.2) is 35.1 Å². The Morgan fingerprint density at radius 2 is 2.29 bits per heavy atom. The Bertz CT molecular complexity index is 420. The summed E-state index contributed by atoms with van der Waals surface area (Å²) in [5, 5.41) is 11.3. The van der Waals surface area contributed by atoms with Gasteiger partial charge in [-0.05, 0) is 6.07 Å². The maximum atomic E-state index is 11.0. The number of hydrogen-bond donors (Lipinski definition) is 2. The Morgan fingerprint density at radius 1 is 1.59 bits per heavy atom. The average Bonchev–Trinajstić information content (AvgIpc) is 2.28. The molecule has 6 heteroatoms. The zero-order valence-corrected chi connectivity index (χ0v) is 9.64. The fraction of sp³-hybridized carbons (Fsp3) is 0.364. The predicted molar refractivity (Wildman–Crippen MR) is 59.7 cm³/mol. The van der Waals surface area contributed by atoms with Gasteiger partial charge < -0.3 is 15.2 Å². The number of carboxylic acid groups (broad SMARTS) is 1. The van der Waals surface area contributed by atoms with Crippen molar-refractivity contribution in [1.29, 1.82) is 0 Å². The number of carboxylic acids is 1. The zero-order chi connectivity index (χ0) is 12.8. The molecule has 1 rings (SSSR count). The van der Waals surface area contributed by atoms with Crippen molar-refractivity contribution in [2.75, 3.05) is 7.11 Å². The lowest BCUT2D eigenvalue weighted by molar-refractivity contribution is -0.141. The third-order valence-corrected chi connectivity index (χ3v) is 2.14. The van der Waals surface area contributed by atoms with Crippen LogP contribution in [0, 0.1) is 0 Å². The second kappa shape index (κ2) is 5.83. The van der Waals surface area contributed by atoms with Gasteiger partial charge in [-0.25, -0.2) is 9.78 Å². The Morgan fingerprint density at radius 3 is 2.82 bits per heavy atom. The number of ether oxygens (including phenoxy) is 1. The molecule has 0 aliphatic carbocycles. The van der Waals surface area contributed by atoms with Crippen molar-refractivity contribution in [2.24, 2.45) is 0 Å². The molecule has 0 aliphatic heterocycles. The number of nitrogens with one attached hydrogen (secondary N) is 1. The van der Waals surface area contributed by atoms with E-state index in [4.69, 9.17) is 9.84 Å². The number of carbonyl (C=O) groups excluding carboxylic acids is 1. The van der Waals surface area contributed by atoms with E-state index < -0.39 is 12.0 Å². The number of hydrogen-bond acceptors (Lipinski definition) is 4. The van der Waals surface area contributed by atoms with E-state index in [1.165, 1.54) is 14.0 Å². The summed E-state index contributed by atoms with van der Waals surface area (Å²) in [5.41, 5.74) is 0.635. The maximum absolute atomic E-state index is 11.0. The maximum Gasteiger partial charge on any atom is 0.326 e. The summed E-state index contributed by atoms with van der Waals surface area (Å²) in [6.07, 6.45) is 1.68. The lowest BCUT2D eigenvalue weighted by Gasteiger charge is -2.14. The molecule has 0 fully saturated rings. The first-order valence-corrected chi connectivity index (χ1v) is 5.02. The standard InChI is InChI=1S/C11H14N2O4/c1-7(14)13-9(11(15)16)6-8-4-3-5-12-10(8)17-2/h3-5,9H,6H2,1-2H3,(H,13,14)(H,15,16). The molecule has 0 saturated heterocycles. The second-order valence-electron chi connectivity index (χ2n) is 3.47. The van der Waals surface area contributed by atoms with Gasteiger partial charge in [0.15, 0.2) is 0 Å². The minimum Gasteiger partial charge on any atom is -0.481 e. The van der Waals surface area contributed by atoms with E-state index >= 15 is 0 Å². The first-order chi connectivity index (χ1) is 8.04. The monoisotopic (exact) mass is 238 g/mol. The van der Waals surface area contributed by atoms with Gasteiger partial charge in [0.25, 0.3) is 0 Å². The molecule has 0 aromatic carbocycles. The van der Waals surface area contributed by atoms with Crippen LogP contribution < -0.4 is 10.1 Å². The highest BCUT2D eigenvalue weighted by atomic mass is 16.5. The average molecular weight is 238 g/mol. The molecule has 1 unspecified atom stereocenters. The molecule has 2 N–H and O–H groups in total. The van der Waals surface area contributed by atoms with Crippen molar-refractivity contribution < 1.29 is 19.4 Å². The highest BCUT2D eigenvalue weighted by molar-refractivity contribution is 5.82. The van der Waals surface area contributed by atoms with Gasteiger partial charge >= 0.3 is 5.97 Å². The van der Waals surface area contributed by atoms with Crippen LogP contribution >= 0.6 is 0 Å². The van der Waals surface area contributed by atoms with Crippen molar-refractivity contribution >= 4 is 11.9 Å². The van der Waals surface area contributed by atoms with E-state index in [9.17, 15) is 9.59 Å². The molecule has 0 saturated carbocycles. The Balaban J connectivity index is 2.85. The molecule has 0 radical (unpaired) electrons. The van der Waals surface area contributed by atoms with Crippen LogP contribution in [0.1, 0.15) is 12.5 Å². The lowest BCUT2D eigenvalue weighted by Crippen LogP contribution is -2.41. The number of pyridine rings is 1. The molecule has 1 aromatic rings. The smallest absolute Gasteiger partial charge is 0.326 e. The zero-order valence-electron chi connectivity index (χ0n) is 9.64. The summed E-state index contributed by atoms with van der Waals surface area (Å²) >= 11 is 0. The quantitative estimate of drug-likeness (QED) is 0.766. The van der Waals surface area contributed by atoms with Crippen LogP contribution in [0.25, 0.3) is 0 Å². The van der Waals surface area contributed by atoms with E-state index in [1.807, 2.05) is 0 Å². The van der Waals surface area contributed by atoms with Crippen LogP contribution in [-0.2, 0) is 16.0 Å². The molecule has 0 aliphatic rings. The van der Waals surface area contributed by atoms with E-state index in [1.54, 1.807) is 18.3 Å². The highest BCUT2D eigenvalue weighted by Gasteiger charge is 2.20. The Hall–Kier alpha value is -2.11. The van der Waals surface area contributed by atoms with Gasteiger partial charge in [0.05, 0.1) is 7.11 Å². The van der Waals surface area contributed by atoms with Crippen LogP contribution in [0.2, 0.25) is 0 Å². The molecular formula is C11H14N2O4. The Kier molecular flexibility index (Phi) is 4.45. The lowest BCUT2D eigenvalue weighted by atomic mass is 10.1. The second-order valence-corrected chi connectivity index (χ2v) is 3.47. The number of carbonyl (C=O) groups is 2. The van der Waals surface area contributed by atoms with E-state index in [0.29, 0.717) is 11.4 Å². The predicted octanol–water partition coefficient (Wildman–Crippen LogP) is 0.222. The largest absolute Gasteiger partial charge is 0.481 e. The van der Waals surface area contributed by atoms with Crippen LogP contribution in [0.5, 0.6) is 5.88 Å². The molecule has 0 spiro atoms. The summed E-state index contributed by atoms with van der Waals surface area (Å²) in [6.45, 7) is 1.27. The molecule has 1 heterocycles.